The summed E-state index contributed by atoms with van der Waals surface area (Å²) in [5, 5.41) is 0. The first-order valence-electron chi connectivity index (χ1n) is 6.54. The second-order valence-corrected chi connectivity index (χ2v) is 6.64. The van der Waals surface area contributed by atoms with Crippen LogP contribution in [0.3, 0.4) is 0 Å². The van der Waals surface area contributed by atoms with Crippen LogP contribution in [0, 0.1) is 20.8 Å². The van der Waals surface area contributed by atoms with Crippen molar-refractivity contribution in [3.8, 4) is 0 Å². The zero-order chi connectivity index (χ0) is 13.5. The van der Waals surface area contributed by atoms with Gasteiger partial charge in [0.05, 0.1) is 0 Å². The Bertz CT molecular complexity index is 557. The summed E-state index contributed by atoms with van der Waals surface area (Å²) in [4.78, 5) is 0. The third-order valence-corrected chi connectivity index (χ3v) is 5.15. The van der Waals surface area contributed by atoms with Gasteiger partial charge in [-0.1, -0.05) is 0 Å². The van der Waals surface area contributed by atoms with Crippen molar-refractivity contribution in [3.05, 3.63) is 56.0 Å². The smallest absolute Gasteiger partial charge is 1.00 e. The van der Waals surface area contributed by atoms with Gasteiger partial charge in [0.15, 0.2) is 0 Å². The predicted molar refractivity (Wildman–Crippen MR) is 74.5 cm³/mol. The van der Waals surface area contributed by atoms with Gasteiger partial charge in [0, 0.05) is 0 Å². The number of allylic oxidation sites excluding steroid dienone is 4. The summed E-state index contributed by atoms with van der Waals surface area (Å²) >= 11 is 2.23. The molecule has 0 saturated carbocycles. The molecule has 0 atom stereocenters. The van der Waals surface area contributed by atoms with Crippen LogP contribution in [0.4, 0.5) is 0 Å². The summed E-state index contributed by atoms with van der Waals surface area (Å²) in [7, 11) is 0. The summed E-state index contributed by atoms with van der Waals surface area (Å²) < 4.78 is 1.44. The summed E-state index contributed by atoms with van der Waals surface area (Å²) in [6.45, 7) is 11.4. The number of hydrogen-bond acceptors (Lipinski definition) is 0. The van der Waals surface area contributed by atoms with E-state index >= 15 is 0 Å². The first-order valence-corrected chi connectivity index (χ1v) is 7.33. The Morgan fingerprint density at radius 1 is 0.952 bits per heavy atom. The Hall–Kier alpha value is 0.284. The van der Waals surface area contributed by atoms with E-state index < -0.39 is 0 Å². The molecule has 114 valence electrons. The summed E-state index contributed by atoms with van der Waals surface area (Å²) in [6.07, 6.45) is 5.64. The van der Waals surface area contributed by atoms with Gasteiger partial charge in [-0.15, -0.1) is 0 Å². The van der Waals surface area contributed by atoms with Gasteiger partial charge in [-0.3, -0.25) is 0 Å². The van der Waals surface area contributed by atoms with Crippen LogP contribution < -0.4 is 37.2 Å². The van der Waals surface area contributed by atoms with Gasteiger partial charge in [-0.2, -0.15) is 0 Å². The fourth-order valence-corrected chi connectivity index (χ4v) is 3.72. The number of halogens is 3. The van der Waals surface area contributed by atoms with Gasteiger partial charge in [0.1, 0.15) is 0 Å². The first kappa shape index (κ1) is 23.5. The Morgan fingerprint density at radius 3 is 2.00 bits per heavy atom. The Balaban J connectivity index is 0. The minimum atomic E-state index is 0. The monoisotopic (exact) mass is 378 g/mol. The molecule has 0 aromatic heterocycles. The molecule has 0 radical (unpaired) electrons. The van der Waals surface area contributed by atoms with E-state index in [1.54, 1.807) is 5.57 Å². The van der Waals surface area contributed by atoms with E-state index in [-0.39, 0.29) is 42.6 Å². The zero-order valence-corrected chi connectivity index (χ0v) is 17.0. The van der Waals surface area contributed by atoms with Crippen molar-refractivity contribution in [1.29, 1.82) is 0 Å². The third-order valence-electron chi connectivity index (χ3n) is 4.42. The number of hydrogen-bond donors (Lipinski definition) is 0. The molecule has 1 aromatic rings. The molecule has 0 bridgehead atoms. The van der Waals surface area contributed by atoms with E-state index in [0.29, 0.717) is 0 Å². The number of rotatable bonds is 2. The minimum absolute atomic E-state index is 0. The molecule has 0 nitrogen and oxygen atoms in total. The average Bonchev–Trinajstić information content (AvgIpc) is 2.73. The molecule has 2 rings (SSSR count). The molecule has 0 heterocycles. The van der Waals surface area contributed by atoms with Gasteiger partial charge in [-0.25, -0.2) is 0 Å². The summed E-state index contributed by atoms with van der Waals surface area (Å²) in [6, 6.07) is 4.58. The standard InChI is InChI=1S/C17H21.3ClH.Ti/c1-12-10-11-16(14(3)13(12)2)17(4,5)15-8-6-7-9-15;;;;/h6-7,10-11H,8H2,1-5H3;3*1H;/q;;;;+3/p-3. The van der Waals surface area contributed by atoms with Gasteiger partial charge >= 0.3 is 123 Å². The van der Waals surface area contributed by atoms with Crippen LogP contribution >= 0.6 is 0 Å². The normalized spacial score (nSPS) is 13.5. The predicted octanol–water partition coefficient (Wildman–Crippen LogP) is -4.34. The Morgan fingerprint density at radius 2 is 1.52 bits per heavy atom. The van der Waals surface area contributed by atoms with Crippen molar-refractivity contribution in [2.24, 2.45) is 0 Å². The van der Waals surface area contributed by atoms with Crippen LogP contribution in [0.5, 0.6) is 0 Å². The molecule has 0 spiro atoms. The molecule has 1 aliphatic carbocycles. The Kier molecular flexibility index (Phi) is 9.86. The fraction of sp³-hybridized carbons (Fsp3) is 0.412. The van der Waals surface area contributed by atoms with Crippen LogP contribution in [0.15, 0.2) is 33.7 Å². The maximum Gasteiger partial charge on any atom is -1.00 e. The number of benzene rings is 1. The van der Waals surface area contributed by atoms with Crippen molar-refractivity contribution in [2.75, 3.05) is 0 Å². The molecule has 0 N–H and O–H groups in total. The Labute approximate surface area is 159 Å². The second-order valence-electron chi connectivity index (χ2n) is 5.80. The average molecular weight is 380 g/mol. The quantitative estimate of drug-likeness (QED) is 0.456. The van der Waals surface area contributed by atoms with E-state index in [9.17, 15) is 0 Å². The molecule has 1 aromatic carbocycles. The molecule has 0 aliphatic heterocycles. The molecule has 0 saturated heterocycles. The second kappa shape index (κ2) is 8.80. The molecule has 4 heteroatoms. The van der Waals surface area contributed by atoms with E-state index in [4.69, 9.17) is 0 Å². The van der Waals surface area contributed by atoms with Gasteiger partial charge < -0.3 is 37.2 Å². The van der Waals surface area contributed by atoms with Crippen LogP contribution in [0.25, 0.3) is 0 Å². The summed E-state index contributed by atoms with van der Waals surface area (Å²) in [5.74, 6) is 0. The van der Waals surface area contributed by atoms with Crippen LogP contribution in [0.2, 0.25) is 0 Å². The maximum atomic E-state index is 2.36. The molecule has 0 unspecified atom stereocenters. The van der Waals surface area contributed by atoms with Crippen LogP contribution in [-0.2, 0) is 25.9 Å². The SMILES string of the molecule is Cc1ccc(C(C)(C)C2=[C]([Ti+3])C=CC2)c(C)c1C.[Cl-].[Cl-].[Cl-]. The van der Waals surface area contributed by atoms with Gasteiger partial charge in [0.2, 0.25) is 0 Å². The van der Waals surface area contributed by atoms with Crippen LogP contribution in [0.1, 0.15) is 42.5 Å². The van der Waals surface area contributed by atoms with E-state index in [0.717, 1.165) is 6.42 Å². The van der Waals surface area contributed by atoms with Gasteiger partial charge in [-0.05, 0) is 0 Å². The minimum Gasteiger partial charge on any atom is -1.00 e. The third kappa shape index (κ3) is 4.39. The van der Waals surface area contributed by atoms with Crippen molar-refractivity contribution in [2.45, 2.75) is 46.5 Å². The largest absolute Gasteiger partial charge is 1.00 e. The molecular weight excluding hydrogens is 358 g/mol. The molecule has 21 heavy (non-hydrogen) atoms. The van der Waals surface area contributed by atoms with Gasteiger partial charge in [0.25, 0.3) is 0 Å². The van der Waals surface area contributed by atoms with Crippen LogP contribution in [-0.4, -0.2) is 0 Å². The molecule has 0 fully saturated rings. The first-order chi connectivity index (χ1) is 8.35. The molecule has 1 aliphatic rings. The van der Waals surface area contributed by atoms with E-state index in [2.05, 4.69) is 79.3 Å². The molecular formula is C17H21Cl3Ti. The van der Waals surface area contributed by atoms with Crippen molar-refractivity contribution >= 4 is 0 Å². The topological polar surface area (TPSA) is 0 Å². The molecule has 0 amide bonds. The number of aryl methyl sites for hydroxylation is 1. The van der Waals surface area contributed by atoms with Crippen molar-refractivity contribution in [1.82, 2.24) is 0 Å². The van der Waals surface area contributed by atoms with Crippen molar-refractivity contribution < 1.29 is 57.7 Å². The van der Waals surface area contributed by atoms with Crippen molar-refractivity contribution in [3.63, 3.8) is 0 Å². The maximum absolute atomic E-state index is 2.36. The summed E-state index contributed by atoms with van der Waals surface area (Å²) in [5.41, 5.74) is 7.45. The van der Waals surface area contributed by atoms with E-state index in [1.807, 2.05) is 0 Å². The zero-order valence-electron chi connectivity index (χ0n) is 13.2. The van der Waals surface area contributed by atoms with E-state index in [1.165, 1.54) is 26.1 Å². The fourth-order valence-electron chi connectivity index (χ4n) is 2.89.